The van der Waals surface area contributed by atoms with Crippen LogP contribution in [0.25, 0.3) is 0 Å². The highest BCUT2D eigenvalue weighted by atomic mass is 32.2. The number of hydrogen-bond donors (Lipinski definition) is 2. The molecule has 0 bridgehead atoms. The van der Waals surface area contributed by atoms with Gasteiger partial charge in [0.1, 0.15) is 10.7 Å². The van der Waals surface area contributed by atoms with Gasteiger partial charge >= 0.3 is 0 Å². The molecule has 19 heavy (non-hydrogen) atoms. The fourth-order valence-corrected chi connectivity index (χ4v) is 3.50. The van der Waals surface area contributed by atoms with Crippen LogP contribution in [0.3, 0.4) is 0 Å². The van der Waals surface area contributed by atoms with Crippen LogP contribution in [0.15, 0.2) is 29.2 Å². The first-order chi connectivity index (χ1) is 8.85. The number of β-amino-alcohol motifs (C(OH)–C–C–N with tert-alkyl or cyclic N) is 1. The zero-order valence-corrected chi connectivity index (χ0v) is 11.5. The number of nitrogens with one attached hydrogen (secondary N) is 1. The van der Waals surface area contributed by atoms with E-state index in [-0.39, 0.29) is 11.4 Å². The lowest BCUT2D eigenvalue weighted by atomic mass is 10.0. The molecule has 1 aliphatic rings. The van der Waals surface area contributed by atoms with Crippen LogP contribution in [0.5, 0.6) is 0 Å². The van der Waals surface area contributed by atoms with Gasteiger partial charge in [-0.1, -0.05) is 12.1 Å². The number of halogens is 1. The lowest BCUT2D eigenvalue weighted by Gasteiger charge is -2.27. The molecule has 1 saturated heterocycles. The molecule has 1 aliphatic heterocycles. The van der Waals surface area contributed by atoms with Crippen molar-refractivity contribution in [1.29, 1.82) is 0 Å². The first kappa shape index (κ1) is 14.4. The van der Waals surface area contributed by atoms with E-state index in [0.717, 1.165) is 10.4 Å². The molecule has 1 unspecified atom stereocenters. The molecule has 1 heterocycles. The second-order valence-corrected chi connectivity index (χ2v) is 6.86. The van der Waals surface area contributed by atoms with Crippen molar-refractivity contribution < 1.29 is 17.9 Å². The Kier molecular flexibility index (Phi) is 3.91. The Morgan fingerprint density at radius 1 is 1.47 bits per heavy atom. The number of aliphatic hydroxyl groups is 1. The van der Waals surface area contributed by atoms with Gasteiger partial charge in [-0.15, -0.1) is 0 Å². The van der Waals surface area contributed by atoms with Crippen molar-refractivity contribution in [3.8, 4) is 0 Å². The van der Waals surface area contributed by atoms with E-state index in [9.17, 15) is 17.9 Å². The molecule has 1 fully saturated rings. The van der Waals surface area contributed by atoms with Crippen molar-refractivity contribution in [3.05, 3.63) is 30.1 Å². The Bertz CT molecular complexity index is 556. The summed E-state index contributed by atoms with van der Waals surface area (Å²) in [6.07, 6.45) is 0.476. The van der Waals surface area contributed by atoms with Gasteiger partial charge in [0.25, 0.3) is 0 Å². The SMILES string of the molecule is CN(CC1(O)CCNC1)S(=O)(=O)c1ccccc1F. The van der Waals surface area contributed by atoms with Crippen LogP contribution in [-0.2, 0) is 10.0 Å². The Balaban J connectivity index is 2.22. The van der Waals surface area contributed by atoms with E-state index in [2.05, 4.69) is 5.32 Å². The number of rotatable bonds is 4. The first-order valence-electron chi connectivity index (χ1n) is 5.99. The Labute approximate surface area is 112 Å². The van der Waals surface area contributed by atoms with Crippen molar-refractivity contribution >= 4 is 10.0 Å². The maximum atomic E-state index is 13.6. The largest absolute Gasteiger partial charge is 0.387 e. The summed E-state index contributed by atoms with van der Waals surface area (Å²) in [5, 5.41) is 13.2. The van der Waals surface area contributed by atoms with E-state index in [0.29, 0.717) is 19.5 Å². The lowest BCUT2D eigenvalue weighted by molar-refractivity contribution is 0.0462. The normalized spacial score (nSPS) is 24.0. The van der Waals surface area contributed by atoms with Crippen LogP contribution in [-0.4, -0.2) is 50.1 Å². The van der Waals surface area contributed by atoms with Gasteiger partial charge in [0.05, 0.1) is 5.60 Å². The fraction of sp³-hybridized carbons (Fsp3) is 0.500. The van der Waals surface area contributed by atoms with Crippen LogP contribution in [0.2, 0.25) is 0 Å². The molecule has 0 radical (unpaired) electrons. The molecule has 0 aromatic heterocycles. The highest BCUT2D eigenvalue weighted by molar-refractivity contribution is 7.89. The molecule has 1 atom stereocenters. The maximum absolute atomic E-state index is 13.6. The summed E-state index contributed by atoms with van der Waals surface area (Å²) in [5.41, 5.74) is -1.09. The van der Waals surface area contributed by atoms with Gasteiger partial charge in [0.15, 0.2) is 0 Å². The molecular formula is C12H17FN2O3S. The Morgan fingerprint density at radius 3 is 2.74 bits per heavy atom. The predicted octanol–water partition coefficient (Wildman–Crippen LogP) is 0.171. The third-order valence-corrected chi connectivity index (χ3v) is 5.10. The molecule has 1 aromatic rings. The molecule has 2 rings (SSSR count). The average Bonchev–Trinajstić information content (AvgIpc) is 2.76. The highest BCUT2D eigenvalue weighted by Gasteiger charge is 2.36. The smallest absolute Gasteiger partial charge is 0.245 e. The lowest BCUT2D eigenvalue weighted by Crippen LogP contribution is -2.45. The van der Waals surface area contributed by atoms with E-state index >= 15 is 0 Å². The Morgan fingerprint density at radius 2 is 2.16 bits per heavy atom. The average molecular weight is 288 g/mol. The van der Waals surface area contributed by atoms with Crippen molar-refractivity contribution in [2.75, 3.05) is 26.7 Å². The van der Waals surface area contributed by atoms with E-state index < -0.39 is 21.4 Å². The van der Waals surface area contributed by atoms with Crippen molar-refractivity contribution in [1.82, 2.24) is 9.62 Å². The van der Waals surface area contributed by atoms with Gasteiger partial charge in [-0.2, -0.15) is 4.31 Å². The number of hydrogen-bond acceptors (Lipinski definition) is 4. The minimum absolute atomic E-state index is 0.0589. The molecule has 0 aliphatic carbocycles. The Hall–Kier alpha value is -1.02. The van der Waals surface area contributed by atoms with Crippen molar-refractivity contribution in [2.24, 2.45) is 0 Å². The third-order valence-electron chi connectivity index (χ3n) is 3.26. The molecule has 0 spiro atoms. The summed E-state index contributed by atoms with van der Waals surface area (Å²) >= 11 is 0. The number of nitrogens with zero attached hydrogens (tertiary/aromatic N) is 1. The molecule has 0 amide bonds. The zero-order valence-electron chi connectivity index (χ0n) is 10.6. The summed E-state index contributed by atoms with van der Waals surface area (Å²) in [4.78, 5) is -0.368. The maximum Gasteiger partial charge on any atom is 0.245 e. The molecular weight excluding hydrogens is 271 g/mol. The summed E-state index contributed by atoms with van der Waals surface area (Å²) in [7, 11) is -2.58. The number of sulfonamides is 1. The van der Waals surface area contributed by atoms with Crippen LogP contribution in [0.1, 0.15) is 6.42 Å². The molecule has 1 aromatic carbocycles. The molecule has 0 saturated carbocycles. The van der Waals surface area contributed by atoms with Crippen LogP contribution in [0.4, 0.5) is 4.39 Å². The second kappa shape index (κ2) is 5.16. The number of likely N-dealkylation sites (N-methyl/N-ethyl adjacent to an activating group) is 1. The summed E-state index contributed by atoms with van der Waals surface area (Å²) < 4.78 is 39.0. The first-order valence-corrected chi connectivity index (χ1v) is 7.43. The van der Waals surface area contributed by atoms with E-state index in [1.54, 1.807) is 0 Å². The monoisotopic (exact) mass is 288 g/mol. The van der Waals surface area contributed by atoms with E-state index in [4.69, 9.17) is 0 Å². The van der Waals surface area contributed by atoms with Gasteiger partial charge in [-0.05, 0) is 25.1 Å². The molecule has 7 heteroatoms. The van der Waals surface area contributed by atoms with Gasteiger partial charge in [-0.25, -0.2) is 12.8 Å². The molecule has 5 nitrogen and oxygen atoms in total. The van der Waals surface area contributed by atoms with Gasteiger partial charge in [-0.3, -0.25) is 0 Å². The summed E-state index contributed by atoms with van der Waals surface area (Å²) in [6.45, 7) is 0.922. The second-order valence-electron chi connectivity index (χ2n) is 4.84. The molecule has 2 N–H and O–H groups in total. The fourth-order valence-electron chi connectivity index (χ4n) is 2.19. The van der Waals surface area contributed by atoms with Crippen LogP contribution >= 0.6 is 0 Å². The predicted molar refractivity (Wildman–Crippen MR) is 68.7 cm³/mol. The van der Waals surface area contributed by atoms with Crippen molar-refractivity contribution in [2.45, 2.75) is 16.9 Å². The quantitative estimate of drug-likeness (QED) is 0.829. The standard InChI is InChI=1S/C12H17FN2O3S/c1-15(9-12(16)6-7-14-8-12)19(17,18)11-5-3-2-4-10(11)13/h2-5,14,16H,6-9H2,1H3. The van der Waals surface area contributed by atoms with Gasteiger partial charge in [0, 0.05) is 20.1 Å². The third kappa shape index (κ3) is 2.94. The topological polar surface area (TPSA) is 69.6 Å². The summed E-state index contributed by atoms with van der Waals surface area (Å²) in [6, 6.07) is 5.23. The van der Waals surface area contributed by atoms with Crippen LogP contribution < -0.4 is 5.32 Å². The summed E-state index contributed by atoms with van der Waals surface area (Å²) in [5.74, 6) is -0.786. The highest BCUT2D eigenvalue weighted by Crippen LogP contribution is 2.22. The zero-order chi connectivity index (χ0) is 14.1. The van der Waals surface area contributed by atoms with Gasteiger partial charge in [0.2, 0.25) is 10.0 Å². The van der Waals surface area contributed by atoms with E-state index in [1.807, 2.05) is 0 Å². The molecule has 106 valence electrons. The minimum atomic E-state index is -3.92. The van der Waals surface area contributed by atoms with Gasteiger partial charge < -0.3 is 10.4 Å². The van der Waals surface area contributed by atoms with Crippen molar-refractivity contribution in [3.63, 3.8) is 0 Å². The van der Waals surface area contributed by atoms with E-state index in [1.165, 1.54) is 25.2 Å². The number of benzene rings is 1. The minimum Gasteiger partial charge on any atom is -0.387 e. The van der Waals surface area contributed by atoms with Crippen LogP contribution in [0, 0.1) is 5.82 Å².